The summed E-state index contributed by atoms with van der Waals surface area (Å²) in [5.74, 6) is 1.50. The van der Waals surface area contributed by atoms with Crippen LogP contribution in [0.3, 0.4) is 0 Å². The van der Waals surface area contributed by atoms with Crippen molar-refractivity contribution >= 4 is 12.6 Å². The average molecular weight is 483 g/mol. The van der Waals surface area contributed by atoms with Crippen LogP contribution < -0.4 is 5.30 Å². The van der Waals surface area contributed by atoms with Crippen LogP contribution in [0.5, 0.6) is 0 Å². The van der Waals surface area contributed by atoms with Gasteiger partial charge >= 0.3 is 214 Å². The molecule has 0 saturated carbocycles. The Bertz CT molecular complexity index is 919. The van der Waals surface area contributed by atoms with Crippen molar-refractivity contribution in [2.75, 3.05) is 0 Å². The Kier molecular flexibility index (Phi) is 8.33. The van der Waals surface area contributed by atoms with Gasteiger partial charge in [-0.2, -0.15) is 0 Å². The molecule has 0 aliphatic heterocycles. The summed E-state index contributed by atoms with van der Waals surface area (Å²) in [6, 6.07) is 14.6. The molecule has 2 aromatic carbocycles. The topological polar surface area (TPSA) is 0 Å². The summed E-state index contributed by atoms with van der Waals surface area (Å²) in [6.45, 7) is 36.8. The standard InChI is InChI=1S/C33H55P/c1-22(2)25-20-27(23(3)4)30(28(21-25)24(5)6)26-18-16-17-19-29(26)34(31(7,8)9,32(10,11)12)33(13,14)15/h16-24,34H,1-15H3. The van der Waals surface area contributed by atoms with E-state index in [9.17, 15) is 0 Å². The van der Waals surface area contributed by atoms with E-state index in [1.54, 1.807) is 5.30 Å². The molecular weight excluding hydrogens is 427 g/mol. The molecule has 0 aliphatic rings. The Morgan fingerprint density at radius 1 is 0.559 bits per heavy atom. The minimum atomic E-state index is -2.15. The maximum atomic E-state index is 2.52. The van der Waals surface area contributed by atoms with E-state index >= 15 is 0 Å². The van der Waals surface area contributed by atoms with Crippen molar-refractivity contribution in [3.63, 3.8) is 0 Å². The summed E-state index contributed by atoms with van der Waals surface area (Å²) in [7, 11) is -2.15. The Balaban J connectivity index is 3.20. The van der Waals surface area contributed by atoms with Crippen molar-refractivity contribution < 1.29 is 0 Å². The molecule has 0 amide bonds. The summed E-state index contributed by atoms with van der Waals surface area (Å²) < 4.78 is 0. The molecule has 0 saturated heterocycles. The van der Waals surface area contributed by atoms with Crippen LogP contribution in [-0.2, 0) is 0 Å². The monoisotopic (exact) mass is 482 g/mol. The van der Waals surface area contributed by atoms with Gasteiger partial charge in [0.1, 0.15) is 0 Å². The molecule has 0 unspecified atom stereocenters. The molecular formula is C33H55P. The first-order valence-electron chi connectivity index (χ1n) is 13.6. The van der Waals surface area contributed by atoms with Gasteiger partial charge in [-0.1, -0.05) is 0 Å². The van der Waals surface area contributed by atoms with Crippen LogP contribution in [0.15, 0.2) is 36.4 Å². The van der Waals surface area contributed by atoms with Crippen LogP contribution >= 0.6 is 7.26 Å². The van der Waals surface area contributed by atoms with Crippen LogP contribution in [0.2, 0.25) is 0 Å². The van der Waals surface area contributed by atoms with Crippen molar-refractivity contribution in [1.29, 1.82) is 0 Å². The molecule has 0 spiro atoms. The third-order valence-electron chi connectivity index (χ3n) is 8.11. The van der Waals surface area contributed by atoms with Crippen LogP contribution in [-0.4, -0.2) is 15.5 Å². The Hall–Kier alpha value is -1.13. The van der Waals surface area contributed by atoms with Gasteiger partial charge in [-0.15, -0.1) is 0 Å². The molecule has 0 nitrogen and oxygen atoms in total. The van der Waals surface area contributed by atoms with E-state index in [-0.39, 0.29) is 15.5 Å². The Labute approximate surface area is 213 Å². The zero-order valence-electron chi connectivity index (χ0n) is 25.2. The van der Waals surface area contributed by atoms with E-state index in [0.717, 1.165) is 0 Å². The Morgan fingerprint density at radius 2 is 0.941 bits per heavy atom. The fraction of sp³-hybridized carbons (Fsp3) is 0.636. The van der Waals surface area contributed by atoms with Gasteiger partial charge in [-0.3, -0.25) is 0 Å². The quantitative estimate of drug-likeness (QED) is 0.372. The fourth-order valence-electron chi connectivity index (χ4n) is 7.88. The molecule has 0 aliphatic carbocycles. The zero-order chi connectivity index (χ0) is 26.4. The van der Waals surface area contributed by atoms with E-state index in [2.05, 4.69) is 140 Å². The molecule has 192 valence electrons. The molecule has 0 fully saturated rings. The molecule has 0 N–H and O–H groups in total. The van der Waals surface area contributed by atoms with Crippen molar-refractivity contribution in [2.24, 2.45) is 0 Å². The van der Waals surface area contributed by atoms with Gasteiger partial charge in [0.25, 0.3) is 0 Å². The van der Waals surface area contributed by atoms with Gasteiger partial charge in [0.15, 0.2) is 0 Å². The molecule has 0 aromatic heterocycles. The summed E-state index contributed by atoms with van der Waals surface area (Å²) in [4.78, 5) is 0. The van der Waals surface area contributed by atoms with E-state index in [4.69, 9.17) is 0 Å². The molecule has 0 bridgehead atoms. The van der Waals surface area contributed by atoms with Gasteiger partial charge in [-0.05, 0) is 0 Å². The maximum absolute atomic E-state index is 2.52. The number of rotatable bonds is 5. The van der Waals surface area contributed by atoms with Gasteiger partial charge in [0.2, 0.25) is 0 Å². The first-order valence-corrected chi connectivity index (χ1v) is 15.6. The first kappa shape index (κ1) is 29.1. The number of benzene rings is 2. The SMILES string of the molecule is CC(C)c1cc(C(C)C)c(-c2ccccc2[PH](C(C)(C)C)(C(C)(C)C)C(C)(C)C)c(C(C)C)c1. The van der Waals surface area contributed by atoms with Crippen molar-refractivity contribution in [2.45, 2.75) is 137 Å². The van der Waals surface area contributed by atoms with E-state index in [1.807, 2.05) is 0 Å². The molecule has 2 aromatic rings. The van der Waals surface area contributed by atoms with Crippen molar-refractivity contribution in [3.8, 4) is 11.1 Å². The molecule has 0 atom stereocenters. The van der Waals surface area contributed by atoms with Gasteiger partial charge < -0.3 is 0 Å². The molecule has 0 radical (unpaired) electrons. The second kappa shape index (κ2) is 9.73. The Morgan fingerprint density at radius 3 is 1.26 bits per heavy atom. The summed E-state index contributed by atoms with van der Waals surface area (Å²) >= 11 is 0. The van der Waals surface area contributed by atoms with Crippen LogP contribution in [0.4, 0.5) is 0 Å². The zero-order valence-corrected chi connectivity index (χ0v) is 26.2. The summed E-state index contributed by atoms with van der Waals surface area (Å²) in [5.41, 5.74) is 7.51. The predicted molar refractivity (Wildman–Crippen MR) is 161 cm³/mol. The van der Waals surface area contributed by atoms with E-state index < -0.39 is 7.26 Å². The first-order chi connectivity index (χ1) is 15.3. The molecule has 0 heterocycles. The van der Waals surface area contributed by atoms with Crippen molar-refractivity contribution in [1.82, 2.24) is 0 Å². The number of hydrogen-bond acceptors (Lipinski definition) is 0. The molecule has 34 heavy (non-hydrogen) atoms. The number of hydrogen-bond donors (Lipinski definition) is 0. The third-order valence-corrected chi connectivity index (χ3v) is 16.1. The molecule has 1 heteroatoms. The predicted octanol–water partition coefficient (Wildman–Crippen LogP) is 10.5. The normalized spacial score (nSPS) is 14.4. The van der Waals surface area contributed by atoms with E-state index in [1.165, 1.54) is 27.8 Å². The van der Waals surface area contributed by atoms with Crippen LogP contribution in [0.1, 0.15) is 138 Å². The van der Waals surface area contributed by atoms with Gasteiger partial charge in [-0.25, -0.2) is 0 Å². The second-order valence-electron chi connectivity index (χ2n) is 14.6. The summed E-state index contributed by atoms with van der Waals surface area (Å²) in [6.07, 6.45) is 0. The molecule has 2 rings (SSSR count). The fourth-order valence-corrected chi connectivity index (χ4v) is 18.0. The van der Waals surface area contributed by atoms with E-state index in [0.29, 0.717) is 17.8 Å². The summed E-state index contributed by atoms with van der Waals surface area (Å²) in [5, 5.41) is 2.25. The second-order valence-corrected chi connectivity index (χ2v) is 21.1. The van der Waals surface area contributed by atoms with Gasteiger partial charge in [0.05, 0.1) is 0 Å². The van der Waals surface area contributed by atoms with Crippen molar-refractivity contribution in [3.05, 3.63) is 53.1 Å². The third kappa shape index (κ3) is 4.91. The van der Waals surface area contributed by atoms with Crippen LogP contribution in [0, 0.1) is 0 Å². The van der Waals surface area contributed by atoms with Gasteiger partial charge in [0, 0.05) is 0 Å². The van der Waals surface area contributed by atoms with Crippen LogP contribution in [0.25, 0.3) is 11.1 Å². The average Bonchev–Trinajstić information content (AvgIpc) is 2.64. The minimum absolute atomic E-state index is 0.202.